The minimum absolute atomic E-state index is 0.198. The van der Waals surface area contributed by atoms with Crippen LogP contribution in [-0.4, -0.2) is 47.9 Å². The first-order valence-corrected chi connectivity index (χ1v) is 9.07. The minimum Gasteiger partial charge on any atom is -0.462 e. The normalized spacial score (nSPS) is 45.9. The van der Waals surface area contributed by atoms with E-state index in [1.54, 1.807) is 0 Å². The Morgan fingerprint density at radius 1 is 1.19 bits per heavy atom. The number of carbonyl (C=O) groups excluding carboxylic acids is 3. The molecule has 7 nitrogen and oxygen atoms in total. The summed E-state index contributed by atoms with van der Waals surface area (Å²) in [6.45, 7) is 8.50. The number of hydrogen-bond donors (Lipinski definition) is 0. The molecular formula is C19H24O7. The number of fused-ring (bicyclic) bond motifs is 5. The number of rotatable bonds is 2. The summed E-state index contributed by atoms with van der Waals surface area (Å²) in [6, 6.07) is 0. The summed E-state index contributed by atoms with van der Waals surface area (Å²) in [4.78, 5) is 35.6. The molecule has 2 heterocycles. The third-order valence-corrected chi connectivity index (χ3v) is 6.37. The van der Waals surface area contributed by atoms with Gasteiger partial charge in [-0.25, -0.2) is 0 Å². The van der Waals surface area contributed by atoms with Crippen molar-refractivity contribution in [1.82, 2.24) is 0 Å². The largest absolute Gasteiger partial charge is 0.462 e. The standard InChI is InChI=1S/C19H24O7/c1-7-6-11(23-9(3)20)13-8(2)18(22)25-15(13)14-12(7)16(24-10(4)21)17-19(14,5)26-17/h8,11,13-17H,6H2,1-5H3/t8-,11-,13-,14+,15+,16-,17-,19+/m1/s1. The zero-order valence-corrected chi connectivity index (χ0v) is 15.6. The van der Waals surface area contributed by atoms with Crippen LogP contribution in [0, 0.1) is 17.8 Å². The highest BCUT2D eigenvalue weighted by Crippen LogP contribution is 2.63. The topological polar surface area (TPSA) is 91.4 Å². The molecule has 4 aliphatic rings. The Morgan fingerprint density at radius 3 is 2.46 bits per heavy atom. The fourth-order valence-electron chi connectivity index (χ4n) is 5.29. The molecule has 0 aromatic heterocycles. The number of hydrogen-bond acceptors (Lipinski definition) is 7. The summed E-state index contributed by atoms with van der Waals surface area (Å²) >= 11 is 0. The molecule has 0 bridgehead atoms. The first-order chi connectivity index (χ1) is 12.1. The SMILES string of the molecule is CC(=O)O[C@@H]1C2=C(C)C[C@@H](OC(C)=O)[C@@H]3[C@H](OC(=O)[C@@H]3C)[C@H]2[C@]2(C)O[C@H]12. The van der Waals surface area contributed by atoms with Gasteiger partial charge in [-0.3, -0.25) is 14.4 Å². The van der Waals surface area contributed by atoms with Crippen molar-refractivity contribution in [3.63, 3.8) is 0 Å². The third kappa shape index (κ3) is 2.32. The second kappa shape index (κ2) is 5.55. The predicted octanol–water partition coefficient (Wildman–Crippen LogP) is 1.53. The molecule has 26 heavy (non-hydrogen) atoms. The number of carbonyl (C=O) groups is 3. The fourth-order valence-corrected chi connectivity index (χ4v) is 5.29. The quantitative estimate of drug-likeness (QED) is 0.318. The molecule has 1 saturated carbocycles. The molecule has 7 heteroatoms. The van der Waals surface area contributed by atoms with Gasteiger partial charge in [0.1, 0.15) is 23.9 Å². The van der Waals surface area contributed by atoms with Crippen LogP contribution in [-0.2, 0) is 33.3 Å². The van der Waals surface area contributed by atoms with E-state index >= 15 is 0 Å². The Balaban J connectivity index is 1.79. The predicted molar refractivity (Wildman–Crippen MR) is 87.7 cm³/mol. The summed E-state index contributed by atoms with van der Waals surface area (Å²) in [5.41, 5.74) is 1.45. The highest BCUT2D eigenvalue weighted by Gasteiger charge is 2.75. The Kier molecular flexibility index (Phi) is 3.74. The van der Waals surface area contributed by atoms with E-state index in [0.717, 1.165) is 11.1 Å². The molecule has 0 radical (unpaired) electrons. The van der Waals surface area contributed by atoms with Gasteiger partial charge in [-0.2, -0.15) is 0 Å². The number of ether oxygens (including phenoxy) is 4. The maximum absolute atomic E-state index is 12.3. The van der Waals surface area contributed by atoms with Gasteiger partial charge in [0.15, 0.2) is 6.10 Å². The number of epoxide rings is 1. The second-order valence-electron chi connectivity index (χ2n) is 8.09. The Morgan fingerprint density at radius 2 is 1.85 bits per heavy atom. The molecule has 2 saturated heterocycles. The van der Waals surface area contributed by atoms with E-state index in [9.17, 15) is 14.4 Å². The first-order valence-electron chi connectivity index (χ1n) is 9.07. The van der Waals surface area contributed by atoms with Crippen molar-refractivity contribution >= 4 is 17.9 Å². The van der Waals surface area contributed by atoms with E-state index in [1.807, 2.05) is 20.8 Å². The molecule has 0 unspecified atom stereocenters. The van der Waals surface area contributed by atoms with Crippen molar-refractivity contribution < 1.29 is 33.3 Å². The molecule has 0 N–H and O–H groups in total. The maximum atomic E-state index is 12.3. The molecule has 0 spiro atoms. The average Bonchev–Trinajstić information content (AvgIpc) is 3.06. The van der Waals surface area contributed by atoms with E-state index in [4.69, 9.17) is 18.9 Å². The molecule has 2 aliphatic heterocycles. The summed E-state index contributed by atoms with van der Waals surface area (Å²) in [6.07, 6.45) is -1.11. The molecule has 0 amide bonds. The van der Waals surface area contributed by atoms with E-state index in [-0.39, 0.29) is 41.8 Å². The Labute approximate surface area is 152 Å². The zero-order valence-electron chi connectivity index (χ0n) is 15.6. The molecule has 8 atom stereocenters. The molecule has 2 aliphatic carbocycles. The van der Waals surface area contributed by atoms with Crippen LogP contribution in [0.3, 0.4) is 0 Å². The fraction of sp³-hybridized carbons (Fsp3) is 0.737. The monoisotopic (exact) mass is 364 g/mol. The smallest absolute Gasteiger partial charge is 0.309 e. The van der Waals surface area contributed by atoms with E-state index in [0.29, 0.717) is 6.42 Å². The van der Waals surface area contributed by atoms with Gasteiger partial charge in [0.05, 0.1) is 11.8 Å². The van der Waals surface area contributed by atoms with E-state index in [1.165, 1.54) is 13.8 Å². The van der Waals surface area contributed by atoms with Crippen molar-refractivity contribution in [3.8, 4) is 0 Å². The van der Waals surface area contributed by atoms with E-state index in [2.05, 4.69) is 0 Å². The van der Waals surface area contributed by atoms with Crippen LogP contribution in [0.4, 0.5) is 0 Å². The summed E-state index contributed by atoms with van der Waals surface area (Å²) in [5, 5.41) is 0. The lowest BCUT2D eigenvalue weighted by Crippen LogP contribution is -2.41. The Bertz CT molecular complexity index is 725. The van der Waals surface area contributed by atoms with Gasteiger partial charge in [0, 0.05) is 26.2 Å². The molecule has 3 fully saturated rings. The van der Waals surface area contributed by atoms with Crippen LogP contribution in [0.5, 0.6) is 0 Å². The summed E-state index contributed by atoms with van der Waals surface area (Å²) in [5.74, 6) is -1.85. The van der Waals surface area contributed by atoms with Crippen LogP contribution in [0.25, 0.3) is 0 Å². The van der Waals surface area contributed by atoms with Crippen LogP contribution in [0.15, 0.2) is 11.1 Å². The van der Waals surface area contributed by atoms with Crippen molar-refractivity contribution in [2.45, 2.75) is 71.1 Å². The van der Waals surface area contributed by atoms with Crippen molar-refractivity contribution in [2.75, 3.05) is 0 Å². The van der Waals surface area contributed by atoms with Gasteiger partial charge in [0.25, 0.3) is 0 Å². The summed E-state index contributed by atoms with van der Waals surface area (Å²) < 4.78 is 22.8. The first kappa shape index (κ1) is 17.5. The van der Waals surface area contributed by atoms with Crippen LogP contribution in [0.2, 0.25) is 0 Å². The third-order valence-electron chi connectivity index (χ3n) is 6.37. The highest BCUT2D eigenvalue weighted by molar-refractivity contribution is 5.76. The van der Waals surface area contributed by atoms with Gasteiger partial charge < -0.3 is 18.9 Å². The lowest BCUT2D eigenvalue weighted by molar-refractivity contribution is -0.152. The van der Waals surface area contributed by atoms with Crippen LogP contribution in [0.1, 0.15) is 41.0 Å². The highest BCUT2D eigenvalue weighted by atomic mass is 16.7. The van der Waals surface area contributed by atoms with Crippen molar-refractivity contribution in [3.05, 3.63) is 11.1 Å². The molecular weight excluding hydrogens is 340 g/mol. The second-order valence-corrected chi connectivity index (χ2v) is 8.09. The van der Waals surface area contributed by atoms with Gasteiger partial charge in [-0.05, 0) is 19.4 Å². The maximum Gasteiger partial charge on any atom is 0.309 e. The van der Waals surface area contributed by atoms with Gasteiger partial charge in [-0.15, -0.1) is 0 Å². The number of esters is 3. The molecule has 142 valence electrons. The lowest BCUT2D eigenvalue weighted by atomic mass is 9.78. The van der Waals surface area contributed by atoms with Gasteiger partial charge in [0.2, 0.25) is 0 Å². The van der Waals surface area contributed by atoms with E-state index < -0.39 is 23.9 Å². The lowest BCUT2D eigenvalue weighted by Gasteiger charge is -2.31. The average molecular weight is 364 g/mol. The molecule has 0 aromatic carbocycles. The van der Waals surface area contributed by atoms with Crippen molar-refractivity contribution in [1.29, 1.82) is 0 Å². The van der Waals surface area contributed by atoms with Crippen LogP contribution >= 0.6 is 0 Å². The van der Waals surface area contributed by atoms with Gasteiger partial charge >= 0.3 is 17.9 Å². The van der Waals surface area contributed by atoms with Gasteiger partial charge in [-0.1, -0.05) is 12.5 Å². The molecule has 0 aromatic rings. The minimum atomic E-state index is -0.533. The zero-order chi connectivity index (χ0) is 19.0. The van der Waals surface area contributed by atoms with Crippen LogP contribution < -0.4 is 0 Å². The molecule has 4 rings (SSSR count). The Hall–Kier alpha value is -1.89. The summed E-state index contributed by atoms with van der Waals surface area (Å²) in [7, 11) is 0. The van der Waals surface area contributed by atoms with Crippen molar-refractivity contribution in [2.24, 2.45) is 17.8 Å².